The van der Waals surface area contributed by atoms with Crippen LogP contribution in [0, 0.1) is 0 Å². The summed E-state index contributed by atoms with van der Waals surface area (Å²) in [6, 6.07) is 9.76. The molecule has 10 heteroatoms. The van der Waals surface area contributed by atoms with Crippen molar-refractivity contribution in [1.29, 1.82) is 0 Å². The maximum atomic E-state index is 13.2. The summed E-state index contributed by atoms with van der Waals surface area (Å²) >= 11 is 1.58. The number of hydrogen-bond donors (Lipinski definition) is 0. The van der Waals surface area contributed by atoms with E-state index in [2.05, 4.69) is 21.0 Å². The number of aromatic nitrogens is 4. The van der Waals surface area contributed by atoms with Crippen LogP contribution in [0.4, 0.5) is 0 Å². The summed E-state index contributed by atoms with van der Waals surface area (Å²) in [7, 11) is 1.63. The van der Waals surface area contributed by atoms with Crippen LogP contribution in [0.1, 0.15) is 24.8 Å². The zero-order valence-corrected chi connectivity index (χ0v) is 18.8. The molecule has 0 atom stereocenters. The average Bonchev–Trinajstić information content (AvgIpc) is 3.44. The fourth-order valence-corrected chi connectivity index (χ4v) is 5.32. The van der Waals surface area contributed by atoms with Crippen LogP contribution in [0.3, 0.4) is 0 Å². The van der Waals surface area contributed by atoms with Crippen LogP contribution < -0.4 is 10.4 Å². The van der Waals surface area contributed by atoms with E-state index in [-0.39, 0.29) is 19.0 Å². The van der Waals surface area contributed by atoms with Gasteiger partial charge in [-0.2, -0.15) is 9.61 Å². The van der Waals surface area contributed by atoms with E-state index in [0.29, 0.717) is 25.3 Å². The Bertz CT molecular complexity index is 1340. The number of likely N-dealkylation sites (N-methyl/N-ethyl adjacent to an activating group) is 1. The lowest BCUT2D eigenvalue weighted by Crippen LogP contribution is -2.49. The minimum absolute atomic E-state index is 0. The van der Waals surface area contributed by atoms with Gasteiger partial charge in [0.2, 0.25) is 5.91 Å². The second kappa shape index (κ2) is 9.32. The molecular weight excluding hydrogens is 440 g/mol. The quantitative estimate of drug-likeness (QED) is 0.432. The molecule has 0 spiro atoms. The van der Waals surface area contributed by atoms with E-state index in [1.54, 1.807) is 23.0 Å². The van der Waals surface area contributed by atoms with Gasteiger partial charge in [0.1, 0.15) is 16.9 Å². The Morgan fingerprint density at radius 1 is 1.12 bits per heavy atom. The van der Waals surface area contributed by atoms with E-state index in [4.69, 9.17) is 4.74 Å². The molecule has 5 rings (SSSR count). The lowest BCUT2D eigenvalue weighted by atomic mass is 10.2. The van der Waals surface area contributed by atoms with Crippen LogP contribution in [-0.4, -0.2) is 68.2 Å². The van der Waals surface area contributed by atoms with Crippen molar-refractivity contribution in [3.63, 3.8) is 0 Å². The molecule has 33 heavy (non-hydrogen) atoms. The molecule has 0 bridgehead atoms. The van der Waals surface area contributed by atoms with Gasteiger partial charge in [0.15, 0.2) is 5.65 Å². The molecule has 1 aliphatic heterocycles. The standard InChI is InChI=1S/C22H24N6O3S.CH4/c1-3-26-9-8-25(13-19(26)29)12-17-10-18-20-23-14-24-28(20)22(30)27(21(18)32-17)11-15-4-6-16(31-2)7-5-15;/h4-7,10,14H,3,8-9,11-13H2,1-2H3;1H4. The summed E-state index contributed by atoms with van der Waals surface area (Å²) in [5.74, 6) is 0.935. The van der Waals surface area contributed by atoms with E-state index >= 15 is 0 Å². The molecule has 174 valence electrons. The molecule has 1 fully saturated rings. The third-order valence-corrected chi connectivity index (χ3v) is 7.01. The van der Waals surface area contributed by atoms with Gasteiger partial charge in [-0.1, -0.05) is 19.6 Å². The Kier molecular flexibility index (Phi) is 6.48. The Morgan fingerprint density at radius 3 is 2.61 bits per heavy atom. The molecule has 3 aromatic heterocycles. The van der Waals surface area contributed by atoms with Gasteiger partial charge in [-0.25, -0.2) is 9.78 Å². The Labute approximate surface area is 195 Å². The normalized spacial score (nSPS) is 14.7. The van der Waals surface area contributed by atoms with E-state index in [1.807, 2.05) is 36.1 Å². The molecule has 0 N–H and O–H groups in total. The first-order valence-electron chi connectivity index (χ1n) is 10.6. The molecule has 0 saturated carbocycles. The smallest absolute Gasteiger partial charge is 0.352 e. The van der Waals surface area contributed by atoms with Crippen LogP contribution in [-0.2, 0) is 17.9 Å². The maximum Gasteiger partial charge on any atom is 0.352 e. The van der Waals surface area contributed by atoms with Gasteiger partial charge < -0.3 is 9.64 Å². The highest BCUT2D eigenvalue weighted by Crippen LogP contribution is 2.29. The van der Waals surface area contributed by atoms with Crippen LogP contribution in [0.15, 0.2) is 41.5 Å². The summed E-state index contributed by atoms with van der Waals surface area (Å²) < 4.78 is 8.33. The fraction of sp³-hybridized carbons (Fsp3) is 0.391. The topological polar surface area (TPSA) is 85.0 Å². The van der Waals surface area contributed by atoms with Crippen LogP contribution >= 0.6 is 11.3 Å². The van der Waals surface area contributed by atoms with Crippen LogP contribution in [0.2, 0.25) is 0 Å². The zero-order chi connectivity index (χ0) is 22.2. The van der Waals surface area contributed by atoms with Crippen LogP contribution in [0.5, 0.6) is 5.75 Å². The molecule has 4 aromatic rings. The minimum Gasteiger partial charge on any atom is -0.497 e. The molecule has 0 unspecified atom stereocenters. The molecule has 4 heterocycles. The van der Waals surface area contributed by atoms with Gasteiger partial charge in [-0.15, -0.1) is 11.3 Å². The van der Waals surface area contributed by atoms with E-state index in [0.717, 1.165) is 46.0 Å². The summed E-state index contributed by atoms with van der Waals surface area (Å²) in [5, 5.41) is 5.04. The summed E-state index contributed by atoms with van der Waals surface area (Å²) in [4.78, 5) is 35.8. The summed E-state index contributed by atoms with van der Waals surface area (Å²) in [5.41, 5.74) is 1.33. The summed E-state index contributed by atoms with van der Waals surface area (Å²) in [6.45, 7) is 5.84. The largest absolute Gasteiger partial charge is 0.497 e. The SMILES string of the molecule is C.CCN1CCN(Cc2cc3c(s2)n(Cc2ccc(OC)cc2)c(=O)n2ncnc32)CC1=O. The van der Waals surface area contributed by atoms with Gasteiger partial charge in [-0.05, 0) is 30.7 Å². The molecular formula is C23H28N6O3S. The van der Waals surface area contributed by atoms with Crippen molar-refractivity contribution in [2.75, 3.05) is 33.3 Å². The van der Waals surface area contributed by atoms with Crippen LogP contribution in [0.25, 0.3) is 15.9 Å². The highest BCUT2D eigenvalue weighted by atomic mass is 32.1. The van der Waals surface area contributed by atoms with Crippen molar-refractivity contribution in [2.45, 2.75) is 27.4 Å². The number of piperazine rings is 1. The number of carbonyl (C=O) groups is 1. The minimum atomic E-state index is -0.221. The number of fused-ring (bicyclic) bond motifs is 3. The lowest BCUT2D eigenvalue weighted by molar-refractivity contribution is -0.135. The van der Waals surface area contributed by atoms with E-state index < -0.39 is 0 Å². The number of thiophene rings is 1. The number of benzene rings is 1. The monoisotopic (exact) mass is 468 g/mol. The van der Waals surface area contributed by atoms with Gasteiger partial charge in [0.05, 0.1) is 25.6 Å². The number of hydrogen-bond acceptors (Lipinski definition) is 7. The predicted molar refractivity (Wildman–Crippen MR) is 129 cm³/mol. The zero-order valence-electron chi connectivity index (χ0n) is 18.0. The third kappa shape index (κ3) is 4.23. The van der Waals surface area contributed by atoms with E-state index in [1.165, 1.54) is 10.8 Å². The third-order valence-electron chi connectivity index (χ3n) is 5.87. The number of amides is 1. The van der Waals surface area contributed by atoms with E-state index in [9.17, 15) is 9.59 Å². The van der Waals surface area contributed by atoms with Crippen molar-refractivity contribution in [3.05, 3.63) is 57.6 Å². The molecule has 0 radical (unpaired) electrons. The highest BCUT2D eigenvalue weighted by Gasteiger charge is 2.24. The van der Waals surface area contributed by atoms with Gasteiger partial charge in [-0.3, -0.25) is 14.3 Å². The Morgan fingerprint density at radius 2 is 1.91 bits per heavy atom. The number of rotatable bonds is 6. The van der Waals surface area contributed by atoms with Crippen molar-refractivity contribution in [2.24, 2.45) is 0 Å². The average molecular weight is 469 g/mol. The van der Waals surface area contributed by atoms with Gasteiger partial charge in [0.25, 0.3) is 0 Å². The predicted octanol–water partition coefficient (Wildman–Crippen LogP) is 2.46. The van der Waals surface area contributed by atoms with Crippen molar-refractivity contribution in [1.82, 2.24) is 29.0 Å². The summed E-state index contributed by atoms with van der Waals surface area (Å²) in [6.07, 6.45) is 1.41. The second-order valence-electron chi connectivity index (χ2n) is 7.83. The fourth-order valence-electron chi connectivity index (χ4n) is 4.14. The first kappa shape index (κ1) is 22.9. The molecule has 1 saturated heterocycles. The first-order chi connectivity index (χ1) is 15.6. The number of nitrogens with zero attached hydrogens (tertiary/aromatic N) is 6. The Hall–Kier alpha value is -3.24. The number of methoxy groups -OCH3 is 1. The van der Waals surface area contributed by atoms with Gasteiger partial charge in [0, 0.05) is 31.1 Å². The second-order valence-corrected chi connectivity index (χ2v) is 8.94. The van der Waals surface area contributed by atoms with Gasteiger partial charge >= 0.3 is 5.69 Å². The number of ether oxygens (including phenoxy) is 1. The number of carbonyl (C=O) groups excluding carboxylic acids is 1. The maximum absolute atomic E-state index is 13.2. The molecule has 9 nitrogen and oxygen atoms in total. The highest BCUT2D eigenvalue weighted by molar-refractivity contribution is 7.18. The molecule has 1 aliphatic rings. The molecule has 1 aromatic carbocycles. The van der Waals surface area contributed by atoms with Crippen molar-refractivity contribution < 1.29 is 9.53 Å². The lowest BCUT2D eigenvalue weighted by Gasteiger charge is -2.33. The molecule has 1 amide bonds. The molecule has 0 aliphatic carbocycles. The van der Waals surface area contributed by atoms with Crippen molar-refractivity contribution >= 4 is 33.1 Å². The Balaban J connectivity index is 0.00000259. The first-order valence-corrected chi connectivity index (χ1v) is 11.4. The van der Waals surface area contributed by atoms with Crippen molar-refractivity contribution in [3.8, 4) is 5.75 Å².